The van der Waals surface area contributed by atoms with E-state index in [9.17, 15) is 9.59 Å². The first-order valence-corrected chi connectivity index (χ1v) is 11.0. The summed E-state index contributed by atoms with van der Waals surface area (Å²) >= 11 is 0. The monoisotopic (exact) mass is 431 g/mol. The first kappa shape index (κ1) is 21.7. The molecule has 0 bridgehead atoms. The molecule has 0 aliphatic carbocycles. The number of carbonyl (C=O) groups is 2. The van der Waals surface area contributed by atoms with Gasteiger partial charge in [-0.1, -0.05) is 36.4 Å². The number of nitrogens with zero attached hydrogens (tertiary/aromatic N) is 3. The molecule has 2 aromatic rings. The second-order valence-corrected chi connectivity index (χ2v) is 8.23. The minimum Gasteiger partial charge on any atom is -0.491 e. The van der Waals surface area contributed by atoms with Crippen molar-refractivity contribution in [1.29, 1.82) is 0 Å². The number of hydrogen-bond donors (Lipinski definition) is 0. The molecule has 0 aromatic heterocycles. The maximum absolute atomic E-state index is 13.3. The van der Waals surface area contributed by atoms with Crippen molar-refractivity contribution in [2.75, 3.05) is 37.6 Å². The van der Waals surface area contributed by atoms with Gasteiger partial charge in [-0.3, -0.25) is 14.5 Å². The summed E-state index contributed by atoms with van der Waals surface area (Å²) in [6, 6.07) is 17.7. The van der Waals surface area contributed by atoms with E-state index in [1.165, 1.54) is 10.6 Å². The molecule has 166 valence electrons. The third kappa shape index (κ3) is 4.26. The Morgan fingerprint density at radius 1 is 0.906 bits per heavy atom. The first-order chi connectivity index (χ1) is 15.5. The zero-order valence-corrected chi connectivity index (χ0v) is 18.7. The molecular weight excluding hydrogens is 402 g/mol. The summed E-state index contributed by atoms with van der Waals surface area (Å²) in [6.07, 6.45) is 1.65. The highest BCUT2D eigenvalue weighted by Crippen LogP contribution is 2.33. The number of ether oxygens (including phenoxy) is 1. The molecule has 0 N–H and O–H groups in total. The molecule has 6 nitrogen and oxygen atoms in total. The van der Waals surface area contributed by atoms with Crippen molar-refractivity contribution in [2.24, 2.45) is 0 Å². The van der Waals surface area contributed by atoms with Crippen LogP contribution in [-0.4, -0.2) is 60.4 Å². The molecule has 2 aliphatic rings. The van der Waals surface area contributed by atoms with E-state index in [1.807, 2.05) is 56.3 Å². The van der Waals surface area contributed by atoms with Gasteiger partial charge in [0.1, 0.15) is 11.4 Å². The molecule has 1 fully saturated rings. The van der Waals surface area contributed by atoms with E-state index < -0.39 is 0 Å². The number of benzene rings is 2. The molecule has 0 saturated carbocycles. The number of hydrogen-bond acceptors (Lipinski definition) is 5. The van der Waals surface area contributed by atoms with E-state index in [1.54, 1.807) is 6.08 Å². The van der Waals surface area contributed by atoms with Crippen LogP contribution in [0.15, 0.2) is 72.9 Å². The predicted molar refractivity (Wildman–Crippen MR) is 126 cm³/mol. The van der Waals surface area contributed by atoms with Crippen LogP contribution in [0.5, 0.6) is 5.75 Å². The van der Waals surface area contributed by atoms with Crippen LogP contribution in [0.25, 0.3) is 5.57 Å². The number of amides is 2. The number of para-hydroxylation sites is 1. The standard InChI is InChI=1S/C26H29N3O3/c1-4-14-29-25(30)23(20-10-12-22(13-11-20)32-19(2)3)24(26(29)31)28-17-15-27(16-18-28)21-8-6-5-7-9-21/h4-13,19H,1,14-18H2,2-3H3. The Bertz CT molecular complexity index is 1020. The van der Waals surface area contributed by atoms with Gasteiger partial charge < -0.3 is 14.5 Å². The summed E-state index contributed by atoms with van der Waals surface area (Å²) in [5.41, 5.74) is 2.85. The Balaban J connectivity index is 1.63. The summed E-state index contributed by atoms with van der Waals surface area (Å²) in [7, 11) is 0. The van der Waals surface area contributed by atoms with Crippen LogP contribution in [0.4, 0.5) is 5.69 Å². The lowest BCUT2D eigenvalue weighted by Crippen LogP contribution is -2.47. The normalized spacial score (nSPS) is 16.9. The average molecular weight is 432 g/mol. The number of rotatable bonds is 7. The summed E-state index contributed by atoms with van der Waals surface area (Å²) in [6.45, 7) is 10.7. The van der Waals surface area contributed by atoms with Gasteiger partial charge in [-0.15, -0.1) is 6.58 Å². The van der Waals surface area contributed by atoms with Crippen LogP contribution in [0.1, 0.15) is 19.4 Å². The Labute approximate surface area is 189 Å². The highest BCUT2D eigenvalue weighted by molar-refractivity contribution is 6.35. The van der Waals surface area contributed by atoms with E-state index in [4.69, 9.17) is 4.74 Å². The molecule has 4 rings (SSSR count). The number of carbonyl (C=O) groups excluding carboxylic acids is 2. The van der Waals surface area contributed by atoms with Gasteiger partial charge in [-0.25, -0.2) is 0 Å². The summed E-state index contributed by atoms with van der Waals surface area (Å²) < 4.78 is 5.73. The zero-order valence-electron chi connectivity index (χ0n) is 18.7. The maximum Gasteiger partial charge on any atom is 0.278 e. The Morgan fingerprint density at radius 2 is 1.53 bits per heavy atom. The van der Waals surface area contributed by atoms with Crippen molar-refractivity contribution >= 4 is 23.1 Å². The largest absolute Gasteiger partial charge is 0.491 e. The van der Waals surface area contributed by atoms with Crippen LogP contribution in [-0.2, 0) is 9.59 Å². The summed E-state index contributed by atoms with van der Waals surface area (Å²) in [4.78, 5) is 32.1. The van der Waals surface area contributed by atoms with Gasteiger partial charge in [-0.05, 0) is 43.7 Å². The van der Waals surface area contributed by atoms with Gasteiger partial charge in [0.15, 0.2) is 0 Å². The second-order valence-electron chi connectivity index (χ2n) is 8.23. The molecule has 2 heterocycles. The van der Waals surface area contributed by atoms with Crippen molar-refractivity contribution in [3.05, 3.63) is 78.5 Å². The van der Waals surface area contributed by atoms with E-state index in [2.05, 4.69) is 28.5 Å². The minimum absolute atomic E-state index is 0.0642. The molecule has 1 saturated heterocycles. The Hall–Kier alpha value is -3.54. The van der Waals surface area contributed by atoms with Crippen LogP contribution >= 0.6 is 0 Å². The van der Waals surface area contributed by atoms with E-state index in [0.717, 1.165) is 24.4 Å². The molecule has 0 atom stereocenters. The van der Waals surface area contributed by atoms with Gasteiger partial charge >= 0.3 is 0 Å². The fraction of sp³-hybridized carbons (Fsp3) is 0.308. The zero-order chi connectivity index (χ0) is 22.7. The molecule has 2 amide bonds. The third-order valence-corrected chi connectivity index (χ3v) is 5.69. The van der Waals surface area contributed by atoms with E-state index >= 15 is 0 Å². The van der Waals surface area contributed by atoms with Crippen molar-refractivity contribution in [2.45, 2.75) is 20.0 Å². The minimum atomic E-state index is -0.270. The van der Waals surface area contributed by atoms with Crippen LogP contribution in [0, 0.1) is 0 Å². The molecule has 2 aliphatic heterocycles. The maximum atomic E-state index is 13.3. The predicted octanol–water partition coefficient (Wildman–Crippen LogP) is 3.56. The molecule has 2 aromatic carbocycles. The Morgan fingerprint density at radius 3 is 2.12 bits per heavy atom. The van der Waals surface area contributed by atoms with Gasteiger partial charge in [-0.2, -0.15) is 0 Å². The molecule has 0 radical (unpaired) electrons. The number of piperazine rings is 1. The van der Waals surface area contributed by atoms with E-state index in [-0.39, 0.29) is 24.5 Å². The third-order valence-electron chi connectivity index (χ3n) is 5.69. The van der Waals surface area contributed by atoms with Gasteiger partial charge in [0, 0.05) is 38.4 Å². The highest BCUT2D eigenvalue weighted by Gasteiger charge is 2.41. The van der Waals surface area contributed by atoms with Crippen molar-refractivity contribution in [3.63, 3.8) is 0 Å². The fourth-order valence-corrected chi connectivity index (χ4v) is 4.21. The van der Waals surface area contributed by atoms with Crippen molar-refractivity contribution in [1.82, 2.24) is 9.80 Å². The smallest absolute Gasteiger partial charge is 0.278 e. The summed E-state index contributed by atoms with van der Waals surface area (Å²) in [5, 5.41) is 0. The summed E-state index contributed by atoms with van der Waals surface area (Å²) in [5.74, 6) is 0.218. The number of imide groups is 1. The molecule has 0 unspecified atom stereocenters. The topological polar surface area (TPSA) is 53.1 Å². The SMILES string of the molecule is C=CCN1C(=O)C(c2ccc(OC(C)C)cc2)=C(N2CCN(c3ccccc3)CC2)C1=O. The second kappa shape index (κ2) is 9.30. The lowest BCUT2D eigenvalue weighted by Gasteiger charge is -2.37. The highest BCUT2D eigenvalue weighted by atomic mass is 16.5. The van der Waals surface area contributed by atoms with Gasteiger partial charge in [0.2, 0.25) is 0 Å². The van der Waals surface area contributed by atoms with Crippen LogP contribution < -0.4 is 9.64 Å². The Kier molecular flexibility index (Phi) is 6.30. The molecule has 32 heavy (non-hydrogen) atoms. The quantitative estimate of drug-likeness (QED) is 0.496. The molecule has 6 heteroatoms. The molecule has 0 spiro atoms. The van der Waals surface area contributed by atoms with Crippen molar-refractivity contribution in [3.8, 4) is 5.75 Å². The number of anilines is 1. The lowest BCUT2D eigenvalue weighted by atomic mass is 10.0. The van der Waals surface area contributed by atoms with Crippen molar-refractivity contribution < 1.29 is 14.3 Å². The van der Waals surface area contributed by atoms with Gasteiger partial charge in [0.05, 0.1) is 11.7 Å². The van der Waals surface area contributed by atoms with Gasteiger partial charge in [0.25, 0.3) is 11.8 Å². The van der Waals surface area contributed by atoms with Crippen LogP contribution in [0.2, 0.25) is 0 Å². The fourth-order valence-electron chi connectivity index (χ4n) is 4.21. The lowest BCUT2D eigenvalue weighted by molar-refractivity contribution is -0.136. The molecular formula is C26H29N3O3. The average Bonchev–Trinajstić information content (AvgIpc) is 3.05. The first-order valence-electron chi connectivity index (χ1n) is 11.0. The van der Waals surface area contributed by atoms with Crippen LogP contribution in [0.3, 0.4) is 0 Å². The van der Waals surface area contributed by atoms with E-state index in [0.29, 0.717) is 24.4 Å².